The van der Waals surface area contributed by atoms with Crippen LogP contribution >= 0.6 is 11.3 Å². The fourth-order valence-corrected chi connectivity index (χ4v) is 2.41. The van der Waals surface area contributed by atoms with Crippen molar-refractivity contribution in [1.82, 2.24) is 5.32 Å². The van der Waals surface area contributed by atoms with Crippen LogP contribution in [-0.2, 0) is 6.54 Å². The lowest BCUT2D eigenvalue weighted by molar-refractivity contribution is 0.0950. The van der Waals surface area contributed by atoms with Crippen LogP contribution in [0.15, 0.2) is 29.6 Å². The normalized spacial score (nSPS) is 9.86. The van der Waals surface area contributed by atoms with Crippen LogP contribution in [0.2, 0.25) is 0 Å². The van der Waals surface area contributed by atoms with E-state index in [9.17, 15) is 13.6 Å². The molecule has 0 saturated carbocycles. The fourth-order valence-electron chi connectivity index (χ4n) is 1.64. The van der Waals surface area contributed by atoms with Crippen molar-refractivity contribution in [3.05, 3.63) is 57.3 Å². The molecule has 0 bridgehead atoms. The summed E-state index contributed by atoms with van der Waals surface area (Å²) in [5, 5.41) is 4.51. The summed E-state index contributed by atoms with van der Waals surface area (Å²) in [6, 6.07) is 4.87. The number of nitrogens with two attached hydrogens (primary N) is 1. The molecule has 1 aromatic carbocycles. The van der Waals surface area contributed by atoms with Crippen molar-refractivity contribution < 1.29 is 13.6 Å². The number of carbonyl (C=O) groups excluding carboxylic acids is 1. The van der Waals surface area contributed by atoms with Crippen LogP contribution in [-0.4, -0.2) is 12.5 Å². The molecule has 2 rings (SSSR count). The lowest BCUT2D eigenvalue weighted by Crippen LogP contribution is -2.22. The highest BCUT2D eigenvalue weighted by atomic mass is 32.1. The van der Waals surface area contributed by atoms with Crippen LogP contribution in [0.25, 0.3) is 0 Å². The molecular formula is C15H12F2N2OS. The second-order valence-electron chi connectivity index (χ2n) is 4.07. The molecule has 1 heterocycles. The Morgan fingerprint density at radius 3 is 2.81 bits per heavy atom. The zero-order valence-electron chi connectivity index (χ0n) is 11.0. The van der Waals surface area contributed by atoms with Gasteiger partial charge in [-0.15, -0.1) is 11.3 Å². The number of amides is 1. The first-order chi connectivity index (χ1) is 10.1. The molecule has 0 unspecified atom stereocenters. The summed E-state index contributed by atoms with van der Waals surface area (Å²) >= 11 is 1.45. The van der Waals surface area contributed by atoms with Crippen molar-refractivity contribution in [3.8, 4) is 11.8 Å². The first-order valence-corrected chi connectivity index (χ1v) is 6.98. The van der Waals surface area contributed by atoms with Crippen LogP contribution in [0.4, 0.5) is 8.78 Å². The van der Waals surface area contributed by atoms with E-state index >= 15 is 0 Å². The van der Waals surface area contributed by atoms with Crippen molar-refractivity contribution in [2.75, 3.05) is 6.54 Å². The van der Waals surface area contributed by atoms with Gasteiger partial charge in [-0.1, -0.05) is 11.8 Å². The van der Waals surface area contributed by atoms with Crippen molar-refractivity contribution >= 4 is 17.2 Å². The Morgan fingerprint density at radius 1 is 1.29 bits per heavy atom. The Hall–Kier alpha value is -2.23. The number of halogens is 2. The SMILES string of the molecule is NCC#Cc1ccsc1CNC(=O)c1ccc(F)c(F)c1. The van der Waals surface area contributed by atoms with E-state index in [1.807, 2.05) is 11.4 Å². The van der Waals surface area contributed by atoms with Gasteiger partial charge in [0.25, 0.3) is 5.91 Å². The third-order valence-corrected chi connectivity index (χ3v) is 3.58. The third kappa shape index (κ3) is 3.88. The van der Waals surface area contributed by atoms with E-state index in [4.69, 9.17) is 5.73 Å². The van der Waals surface area contributed by atoms with Gasteiger partial charge in [-0.05, 0) is 29.6 Å². The van der Waals surface area contributed by atoms with E-state index in [-0.39, 0.29) is 18.7 Å². The second kappa shape index (κ2) is 6.97. The summed E-state index contributed by atoms with van der Waals surface area (Å²) in [5.74, 6) is 3.15. The number of hydrogen-bond donors (Lipinski definition) is 2. The summed E-state index contributed by atoms with van der Waals surface area (Å²) in [7, 11) is 0. The molecule has 0 aliphatic rings. The number of benzene rings is 1. The molecule has 0 aliphatic carbocycles. The first-order valence-electron chi connectivity index (χ1n) is 6.10. The van der Waals surface area contributed by atoms with Crippen LogP contribution in [0, 0.1) is 23.5 Å². The maximum Gasteiger partial charge on any atom is 0.251 e. The summed E-state index contributed by atoms with van der Waals surface area (Å²) in [5.41, 5.74) is 6.19. The van der Waals surface area contributed by atoms with E-state index < -0.39 is 17.5 Å². The van der Waals surface area contributed by atoms with E-state index in [0.29, 0.717) is 0 Å². The molecule has 6 heteroatoms. The van der Waals surface area contributed by atoms with Gasteiger partial charge in [0, 0.05) is 16.0 Å². The summed E-state index contributed by atoms with van der Waals surface area (Å²) in [6.07, 6.45) is 0. The number of rotatable bonds is 3. The molecule has 0 radical (unpaired) electrons. The largest absolute Gasteiger partial charge is 0.347 e. The second-order valence-corrected chi connectivity index (χ2v) is 5.08. The number of nitrogens with one attached hydrogen (secondary N) is 1. The minimum atomic E-state index is -1.05. The molecule has 1 amide bonds. The molecule has 0 atom stereocenters. The maximum absolute atomic E-state index is 13.1. The van der Waals surface area contributed by atoms with Crippen LogP contribution in [0.3, 0.4) is 0 Å². The summed E-state index contributed by atoms with van der Waals surface area (Å²) in [6.45, 7) is 0.528. The third-order valence-electron chi connectivity index (χ3n) is 2.66. The summed E-state index contributed by atoms with van der Waals surface area (Å²) < 4.78 is 25.9. The van der Waals surface area contributed by atoms with Gasteiger partial charge in [0.05, 0.1) is 13.1 Å². The Kier molecular flexibility index (Phi) is 5.04. The monoisotopic (exact) mass is 306 g/mol. The molecule has 3 N–H and O–H groups in total. The Morgan fingerprint density at radius 2 is 2.10 bits per heavy atom. The van der Waals surface area contributed by atoms with E-state index in [2.05, 4.69) is 17.2 Å². The van der Waals surface area contributed by atoms with Gasteiger partial charge in [-0.25, -0.2) is 8.78 Å². The highest BCUT2D eigenvalue weighted by Crippen LogP contribution is 2.16. The van der Waals surface area contributed by atoms with Crippen molar-refractivity contribution in [2.24, 2.45) is 5.73 Å². The van der Waals surface area contributed by atoms with Gasteiger partial charge >= 0.3 is 0 Å². The van der Waals surface area contributed by atoms with E-state index in [1.54, 1.807) is 0 Å². The number of hydrogen-bond acceptors (Lipinski definition) is 3. The molecule has 2 aromatic rings. The lowest BCUT2D eigenvalue weighted by Gasteiger charge is -2.05. The Labute approximate surface area is 124 Å². The quantitative estimate of drug-likeness (QED) is 0.855. The number of thiophene rings is 1. The van der Waals surface area contributed by atoms with Crippen LogP contribution < -0.4 is 11.1 Å². The molecule has 0 aliphatic heterocycles. The van der Waals surface area contributed by atoms with E-state index in [1.165, 1.54) is 17.4 Å². The van der Waals surface area contributed by atoms with Gasteiger partial charge in [-0.3, -0.25) is 4.79 Å². The zero-order valence-corrected chi connectivity index (χ0v) is 11.8. The number of carbonyl (C=O) groups is 1. The van der Waals surface area contributed by atoms with Crippen LogP contribution in [0.1, 0.15) is 20.8 Å². The molecule has 0 spiro atoms. The highest BCUT2D eigenvalue weighted by Gasteiger charge is 2.10. The van der Waals surface area contributed by atoms with Crippen molar-refractivity contribution in [3.63, 3.8) is 0 Å². The topological polar surface area (TPSA) is 55.1 Å². The smallest absolute Gasteiger partial charge is 0.251 e. The van der Waals surface area contributed by atoms with Gasteiger partial charge < -0.3 is 11.1 Å². The molecule has 3 nitrogen and oxygen atoms in total. The average molecular weight is 306 g/mol. The molecular weight excluding hydrogens is 294 g/mol. The maximum atomic E-state index is 13.1. The van der Waals surface area contributed by atoms with Gasteiger partial charge in [0.15, 0.2) is 11.6 Å². The minimum absolute atomic E-state index is 0.0695. The molecule has 1 aromatic heterocycles. The average Bonchev–Trinajstić information content (AvgIpc) is 2.92. The molecule has 21 heavy (non-hydrogen) atoms. The fraction of sp³-hybridized carbons (Fsp3) is 0.133. The zero-order chi connectivity index (χ0) is 15.2. The van der Waals surface area contributed by atoms with Crippen molar-refractivity contribution in [1.29, 1.82) is 0 Å². The standard InChI is InChI=1S/C15H12F2N2OS/c16-12-4-3-11(8-13(12)17)15(20)19-9-14-10(2-1-6-18)5-7-21-14/h3-5,7-8H,6,9,18H2,(H,19,20). The van der Waals surface area contributed by atoms with Crippen molar-refractivity contribution in [2.45, 2.75) is 6.54 Å². The predicted octanol–water partition coefficient (Wildman–Crippen LogP) is 2.27. The van der Waals surface area contributed by atoms with E-state index in [0.717, 1.165) is 22.6 Å². The molecule has 0 fully saturated rings. The summed E-state index contributed by atoms with van der Waals surface area (Å²) in [4.78, 5) is 12.8. The lowest BCUT2D eigenvalue weighted by atomic mass is 10.2. The predicted molar refractivity (Wildman–Crippen MR) is 77.8 cm³/mol. The minimum Gasteiger partial charge on any atom is -0.347 e. The Bertz CT molecular complexity index is 716. The van der Waals surface area contributed by atoms with Crippen LogP contribution in [0.5, 0.6) is 0 Å². The van der Waals surface area contributed by atoms with Gasteiger partial charge in [0.2, 0.25) is 0 Å². The van der Waals surface area contributed by atoms with Gasteiger partial charge in [-0.2, -0.15) is 0 Å². The Balaban J connectivity index is 2.04. The molecule has 108 valence electrons. The van der Waals surface area contributed by atoms with Gasteiger partial charge in [0.1, 0.15) is 0 Å². The molecule has 0 saturated heterocycles. The highest BCUT2D eigenvalue weighted by molar-refractivity contribution is 7.10. The first kappa shape index (κ1) is 15.2.